The Hall–Kier alpha value is -2.48. The summed E-state index contributed by atoms with van der Waals surface area (Å²) in [6, 6.07) is 7.41. The molecule has 0 bridgehead atoms. The lowest BCUT2D eigenvalue weighted by Crippen LogP contribution is -2.64. The zero-order valence-electron chi connectivity index (χ0n) is 12.9. The van der Waals surface area contributed by atoms with Crippen LogP contribution in [0.15, 0.2) is 41.6 Å². The van der Waals surface area contributed by atoms with Gasteiger partial charge >= 0.3 is 5.97 Å². The molecule has 24 heavy (non-hydrogen) atoms. The fourth-order valence-corrected chi connectivity index (χ4v) is 3.87. The van der Waals surface area contributed by atoms with Gasteiger partial charge in [-0.15, -0.1) is 11.8 Å². The Morgan fingerprint density at radius 1 is 1.12 bits per heavy atom. The van der Waals surface area contributed by atoms with Crippen LogP contribution in [0.25, 0.3) is 0 Å². The Morgan fingerprint density at radius 2 is 1.83 bits per heavy atom. The summed E-state index contributed by atoms with van der Waals surface area (Å²) in [5.41, 5.74) is 1.49. The highest BCUT2D eigenvalue weighted by Gasteiger charge is 2.41. The Morgan fingerprint density at radius 3 is 2.50 bits per heavy atom. The van der Waals surface area contributed by atoms with E-state index >= 15 is 0 Å². The van der Waals surface area contributed by atoms with Crippen LogP contribution in [-0.2, 0) is 14.4 Å². The average molecular weight is 347 g/mol. The lowest BCUT2D eigenvalue weighted by molar-refractivity contribution is -0.137. The minimum atomic E-state index is -1.07. The van der Waals surface area contributed by atoms with Crippen LogP contribution in [-0.4, -0.2) is 40.1 Å². The van der Waals surface area contributed by atoms with Crippen LogP contribution >= 0.6 is 11.8 Å². The topological polar surface area (TPSA) is 108 Å². The van der Waals surface area contributed by atoms with Crippen LogP contribution in [0, 0.1) is 0 Å². The molecule has 3 rings (SSSR count). The van der Waals surface area contributed by atoms with Crippen molar-refractivity contribution < 1.29 is 19.5 Å². The molecule has 0 saturated carbocycles. The Bertz CT molecular complexity index is 719. The predicted molar refractivity (Wildman–Crippen MR) is 89.0 cm³/mol. The molecule has 2 aliphatic heterocycles. The molecule has 1 aromatic rings. The molecular formula is C16H17N3O4S. The number of carboxylic acid groups (broad SMARTS) is 1. The molecule has 1 saturated heterocycles. The summed E-state index contributed by atoms with van der Waals surface area (Å²) in [5.74, 6) is -1.22. The van der Waals surface area contributed by atoms with Gasteiger partial charge in [-0.25, -0.2) is 4.79 Å². The van der Waals surface area contributed by atoms with E-state index in [0.29, 0.717) is 16.9 Å². The van der Waals surface area contributed by atoms with Crippen molar-refractivity contribution in [3.8, 4) is 0 Å². The largest absolute Gasteiger partial charge is 0.477 e. The highest BCUT2D eigenvalue weighted by Crippen LogP contribution is 2.26. The molecule has 1 aromatic carbocycles. The van der Waals surface area contributed by atoms with Gasteiger partial charge in [-0.2, -0.15) is 0 Å². The molecule has 0 unspecified atom stereocenters. The molecular weight excluding hydrogens is 330 g/mol. The normalized spacial score (nSPS) is 27.1. The zero-order chi connectivity index (χ0) is 17.3. The summed E-state index contributed by atoms with van der Waals surface area (Å²) in [7, 11) is 0. The van der Waals surface area contributed by atoms with E-state index in [2.05, 4.69) is 16.0 Å². The second kappa shape index (κ2) is 6.56. The maximum atomic E-state index is 12.4. The first-order chi connectivity index (χ1) is 11.5. The molecule has 0 spiro atoms. The summed E-state index contributed by atoms with van der Waals surface area (Å²) in [6.07, 6.45) is 0. The molecule has 3 atom stereocenters. The SMILES string of the molecule is CC1=C(C(=O)O)N[C@H]([C@H]2NC(=O)[C@H](c3ccccc3)NC2=O)SC1. The van der Waals surface area contributed by atoms with Gasteiger partial charge in [0.1, 0.15) is 23.2 Å². The Kier molecular flexibility index (Phi) is 4.48. The van der Waals surface area contributed by atoms with Crippen LogP contribution in [0.1, 0.15) is 18.5 Å². The number of carbonyl (C=O) groups is 3. The van der Waals surface area contributed by atoms with Crippen molar-refractivity contribution in [3.05, 3.63) is 47.2 Å². The molecule has 0 aliphatic carbocycles. The molecule has 0 radical (unpaired) electrons. The van der Waals surface area contributed by atoms with E-state index in [1.54, 1.807) is 31.2 Å². The van der Waals surface area contributed by atoms with E-state index in [0.717, 1.165) is 0 Å². The van der Waals surface area contributed by atoms with Crippen molar-refractivity contribution in [2.24, 2.45) is 0 Å². The third-order valence-electron chi connectivity index (χ3n) is 3.97. The lowest BCUT2D eigenvalue weighted by atomic mass is 10.0. The van der Waals surface area contributed by atoms with Gasteiger partial charge < -0.3 is 21.1 Å². The molecule has 1 fully saturated rings. The van der Waals surface area contributed by atoms with Gasteiger partial charge in [-0.05, 0) is 18.1 Å². The summed E-state index contributed by atoms with van der Waals surface area (Å²) >= 11 is 1.39. The average Bonchev–Trinajstić information content (AvgIpc) is 2.57. The van der Waals surface area contributed by atoms with Crippen LogP contribution in [0.3, 0.4) is 0 Å². The van der Waals surface area contributed by atoms with E-state index in [4.69, 9.17) is 0 Å². The number of benzene rings is 1. The van der Waals surface area contributed by atoms with Crippen molar-refractivity contribution in [2.75, 3.05) is 5.75 Å². The maximum absolute atomic E-state index is 12.4. The number of hydrogen-bond acceptors (Lipinski definition) is 5. The number of amides is 2. The van der Waals surface area contributed by atoms with Crippen molar-refractivity contribution in [1.29, 1.82) is 0 Å². The third-order valence-corrected chi connectivity index (χ3v) is 5.32. The molecule has 2 aliphatic rings. The number of carboxylic acids is 1. The van der Waals surface area contributed by atoms with Gasteiger partial charge in [-0.3, -0.25) is 9.59 Å². The number of aliphatic carboxylic acids is 1. The maximum Gasteiger partial charge on any atom is 0.351 e. The number of nitrogens with one attached hydrogen (secondary N) is 3. The molecule has 7 nitrogen and oxygen atoms in total. The minimum Gasteiger partial charge on any atom is -0.477 e. The fourth-order valence-electron chi connectivity index (χ4n) is 2.71. The first-order valence-electron chi connectivity index (χ1n) is 7.44. The number of piperazine rings is 1. The van der Waals surface area contributed by atoms with Crippen LogP contribution in [0.2, 0.25) is 0 Å². The van der Waals surface area contributed by atoms with Crippen molar-refractivity contribution in [1.82, 2.24) is 16.0 Å². The van der Waals surface area contributed by atoms with Gasteiger partial charge in [0.05, 0.1) is 0 Å². The predicted octanol–water partition coefficient (Wildman–Crippen LogP) is 0.363. The van der Waals surface area contributed by atoms with E-state index in [9.17, 15) is 19.5 Å². The van der Waals surface area contributed by atoms with E-state index in [1.807, 2.05) is 6.07 Å². The molecule has 2 heterocycles. The third kappa shape index (κ3) is 3.09. The standard InChI is InChI=1S/C16H17N3O4S/c1-8-7-24-15(19-10(8)16(22)23)12-14(21)17-11(13(20)18-12)9-5-3-2-4-6-9/h2-6,11-12,15,19H,7H2,1H3,(H,17,21)(H,18,20)(H,22,23)/t11-,12-,15-/m0/s1. The number of thioether (sulfide) groups is 1. The monoisotopic (exact) mass is 347 g/mol. The summed E-state index contributed by atoms with van der Waals surface area (Å²) in [6.45, 7) is 1.73. The molecule has 2 amide bonds. The van der Waals surface area contributed by atoms with E-state index in [-0.39, 0.29) is 17.5 Å². The summed E-state index contributed by atoms with van der Waals surface area (Å²) in [4.78, 5) is 36.1. The van der Waals surface area contributed by atoms with Crippen LogP contribution in [0.5, 0.6) is 0 Å². The highest BCUT2D eigenvalue weighted by atomic mass is 32.2. The first kappa shape index (κ1) is 16.4. The van der Waals surface area contributed by atoms with Gasteiger partial charge in [0.25, 0.3) is 0 Å². The molecule has 0 aromatic heterocycles. The molecule has 126 valence electrons. The number of hydrogen-bond donors (Lipinski definition) is 4. The fraction of sp³-hybridized carbons (Fsp3) is 0.312. The van der Waals surface area contributed by atoms with Crippen molar-refractivity contribution >= 4 is 29.5 Å². The second-order valence-electron chi connectivity index (χ2n) is 5.67. The first-order valence-corrected chi connectivity index (χ1v) is 8.49. The van der Waals surface area contributed by atoms with Crippen LogP contribution < -0.4 is 16.0 Å². The van der Waals surface area contributed by atoms with E-state index < -0.39 is 23.4 Å². The Labute approximate surface area is 142 Å². The Balaban J connectivity index is 1.75. The van der Waals surface area contributed by atoms with Gasteiger partial charge in [0.2, 0.25) is 11.8 Å². The zero-order valence-corrected chi connectivity index (χ0v) is 13.7. The van der Waals surface area contributed by atoms with Crippen LogP contribution in [0.4, 0.5) is 0 Å². The summed E-state index contributed by atoms with van der Waals surface area (Å²) < 4.78 is 0. The smallest absolute Gasteiger partial charge is 0.351 e. The summed E-state index contributed by atoms with van der Waals surface area (Å²) in [5, 5.41) is 17.0. The highest BCUT2D eigenvalue weighted by molar-refractivity contribution is 8.00. The molecule has 4 N–H and O–H groups in total. The van der Waals surface area contributed by atoms with E-state index in [1.165, 1.54) is 11.8 Å². The lowest BCUT2D eigenvalue weighted by Gasteiger charge is -2.36. The van der Waals surface area contributed by atoms with Crippen molar-refractivity contribution in [3.63, 3.8) is 0 Å². The number of carbonyl (C=O) groups excluding carboxylic acids is 2. The number of rotatable bonds is 3. The van der Waals surface area contributed by atoms with Gasteiger partial charge in [0.15, 0.2) is 0 Å². The van der Waals surface area contributed by atoms with Gasteiger partial charge in [-0.1, -0.05) is 30.3 Å². The molecule has 8 heteroatoms. The minimum absolute atomic E-state index is 0.0889. The van der Waals surface area contributed by atoms with Crippen molar-refractivity contribution in [2.45, 2.75) is 24.4 Å². The second-order valence-corrected chi connectivity index (χ2v) is 6.80. The van der Waals surface area contributed by atoms with Gasteiger partial charge in [0, 0.05) is 5.75 Å². The quantitative estimate of drug-likeness (QED) is 0.629.